The molecule has 0 aliphatic rings. The van der Waals surface area contributed by atoms with Crippen molar-refractivity contribution in [1.29, 1.82) is 0 Å². The summed E-state index contributed by atoms with van der Waals surface area (Å²) in [6, 6.07) is 0. The van der Waals surface area contributed by atoms with Crippen molar-refractivity contribution in [2.24, 2.45) is 0 Å². The van der Waals surface area contributed by atoms with Crippen LogP contribution in [-0.2, 0) is 9.59 Å². The third-order valence-electron chi connectivity index (χ3n) is 16.8. The van der Waals surface area contributed by atoms with Crippen LogP contribution in [0.1, 0.15) is 430 Å². The highest BCUT2D eigenvalue weighted by atomic mass is 16.4. The van der Waals surface area contributed by atoms with Gasteiger partial charge in [0.15, 0.2) is 0 Å². The molecule has 0 fully saturated rings. The van der Waals surface area contributed by atoms with Crippen molar-refractivity contribution in [3.63, 3.8) is 0 Å². The molecule has 0 aliphatic heterocycles. The normalized spacial score (nSPS) is 11.6. The van der Waals surface area contributed by atoms with E-state index in [9.17, 15) is 9.59 Å². The van der Waals surface area contributed by atoms with Crippen molar-refractivity contribution in [2.75, 3.05) is 0 Å². The Balaban J connectivity index is 3.08. The Morgan fingerprint density at radius 1 is 0.123 bits per heavy atom. The van der Waals surface area contributed by atoms with Gasteiger partial charge in [0.05, 0.1) is 0 Å². The second kappa shape index (κ2) is 67.1. The van der Waals surface area contributed by atoms with Crippen LogP contribution in [0.25, 0.3) is 0 Å². The van der Waals surface area contributed by atoms with E-state index in [2.05, 4.69) is 0 Å². The van der Waals surface area contributed by atoms with Gasteiger partial charge in [-0.05, 0) is 12.8 Å². The summed E-state index contributed by atoms with van der Waals surface area (Å²) in [5, 5.41) is 17.4. The average molecular weight is 1030 g/mol. The van der Waals surface area contributed by atoms with Crippen molar-refractivity contribution in [3.8, 4) is 0 Å². The molecule has 0 aromatic heterocycles. The molecule has 0 amide bonds. The number of carbonyl (C=O) groups is 2. The fourth-order valence-corrected chi connectivity index (χ4v) is 11.7. The number of carboxylic acid groups (broad SMARTS) is 2. The molecule has 0 spiro atoms. The molecule has 0 bridgehead atoms. The molecule has 436 valence electrons. The lowest BCUT2D eigenvalue weighted by atomic mass is 10.0. The van der Waals surface area contributed by atoms with E-state index in [1.165, 1.54) is 392 Å². The summed E-state index contributed by atoms with van der Waals surface area (Å²) in [4.78, 5) is 21.1. The first kappa shape index (κ1) is 71.9. The third kappa shape index (κ3) is 70.9. The zero-order valence-electron chi connectivity index (χ0n) is 50.1. The third-order valence-corrected chi connectivity index (χ3v) is 16.8. The largest absolute Gasteiger partial charge is 0.481 e. The van der Waals surface area contributed by atoms with Gasteiger partial charge in [-0.3, -0.25) is 9.59 Å². The van der Waals surface area contributed by atoms with E-state index < -0.39 is 11.9 Å². The highest BCUT2D eigenvalue weighted by Crippen LogP contribution is 2.20. The summed E-state index contributed by atoms with van der Waals surface area (Å²) < 4.78 is 0. The summed E-state index contributed by atoms with van der Waals surface area (Å²) in [5.74, 6) is -1.29. The molecule has 0 aromatic carbocycles. The summed E-state index contributed by atoms with van der Waals surface area (Å²) in [5.41, 5.74) is 0. The maximum Gasteiger partial charge on any atom is 0.303 e. The van der Waals surface area contributed by atoms with Crippen LogP contribution in [0.2, 0.25) is 0 Å². The van der Waals surface area contributed by atoms with Gasteiger partial charge in [-0.1, -0.05) is 405 Å². The first-order valence-electron chi connectivity index (χ1n) is 34.6. The molecule has 0 saturated heterocycles. The molecular weight excluding hydrogens is 893 g/mol. The number of hydrogen-bond donors (Lipinski definition) is 2. The van der Waals surface area contributed by atoms with Gasteiger partial charge < -0.3 is 10.2 Å². The predicted octanol–water partition coefficient (Wildman–Crippen LogP) is 25.3. The predicted molar refractivity (Wildman–Crippen MR) is 325 cm³/mol. The summed E-state index contributed by atoms with van der Waals surface area (Å²) >= 11 is 0. The summed E-state index contributed by atoms with van der Waals surface area (Å²) in [6.45, 7) is 0. The van der Waals surface area contributed by atoms with Crippen molar-refractivity contribution in [3.05, 3.63) is 0 Å². The molecule has 0 aliphatic carbocycles. The van der Waals surface area contributed by atoms with E-state index in [4.69, 9.17) is 10.2 Å². The standard InChI is InChI=1S/C69H136O4/c70-68(71)66-64-62-60-58-56-54-52-50-48-46-44-42-40-38-36-34-32-30-28-26-24-22-20-18-16-14-12-10-8-6-4-2-1-3-5-7-9-11-13-15-17-19-21-23-25-27-29-31-33-35-37-39-41-43-45-47-49-51-53-55-57-59-61-63-65-67-69(72)73/h1-67H2,(H,70,71)(H,72,73). The van der Waals surface area contributed by atoms with Crippen LogP contribution < -0.4 is 0 Å². The minimum Gasteiger partial charge on any atom is -0.481 e. The molecule has 0 heterocycles. The number of carboxylic acids is 2. The fraction of sp³-hybridized carbons (Fsp3) is 0.971. The zero-order chi connectivity index (χ0) is 52.5. The van der Waals surface area contributed by atoms with Crippen LogP contribution >= 0.6 is 0 Å². The molecule has 0 radical (unpaired) electrons. The van der Waals surface area contributed by atoms with Gasteiger partial charge in [0.2, 0.25) is 0 Å². The number of aliphatic carboxylic acids is 2. The van der Waals surface area contributed by atoms with Crippen LogP contribution in [0.15, 0.2) is 0 Å². The van der Waals surface area contributed by atoms with E-state index in [-0.39, 0.29) is 0 Å². The lowest BCUT2D eigenvalue weighted by molar-refractivity contribution is -0.138. The Kier molecular flexibility index (Phi) is 66.1. The second-order valence-corrected chi connectivity index (χ2v) is 24.3. The van der Waals surface area contributed by atoms with E-state index in [1.54, 1.807) is 0 Å². The van der Waals surface area contributed by atoms with Crippen molar-refractivity contribution < 1.29 is 19.8 Å². The molecule has 0 aromatic rings. The topological polar surface area (TPSA) is 74.6 Å². The first-order valence-corrected chi connectivity index (χ1v) is 34.6. The van der Waals surface area contributed by atoms with E-state index in [0.29, 0.717) is 12.8 Å². The molecule has 0 saturated carbocycles. The van der Waals surface area contributed by atoms with E-state index in [0.717, 1.165) is 25.7 Å². The van der Waals surface area contributed by atoms with Gasteiger partial charge in [0, 0.05) is 12.8 Å². The fourth-order valence-electron chi connectivity index (χ4n) is 11.7. The van der Waals surface area contributed by atoms with Gasteiger partial charge in [-0.15, -0.1) is 0 Å². The molecule has 0 rings (SSSR count). The smallest absolute Gasteiger partial charge is 0.303 e. The highest BCUT2D eigenvalue weighted by Gasteiger charge is 2.02. The van der Waals surface area contributed by atoms with Crippen molar-refractivity contribution in [1.82, 2.24) is 0 Å². The Hall–Kier alpha value is -1.06. The quantitative estimate of drug-likeness (QED) is 0.0595. The second-order valence-electron chi connectivity index (χ2n) is 24.3. The lowest BCUT2D eigenvalue weighted by Crippen LogP contribution is -1.93. The molecule has 73 heavy (non-hydrogen) atoms. The lowest BCUT2D eigenvalue weighted by Gasteiger charge is -2.05. The van der Waals surface area contributed by atoms with Crippen LogP contribution in [0.4, 0.5) is 0 Å². The number of hydrogen-bond acceptors (Lipinski definition) is 2. The minimum atomic E-state index is -0.647. The Labute approximate surface area is 459 Å². The maximum atomic E-state index is 10.5. The molecule has 2 N–H and O–H groups in total. The summed E-state index contributed by atoms with van der Waals surface area (Å²) in [6.07, 6.45) is 92.7. The van der Waals surface area contributed by atoms with E-state index in [1.807, 2.05) is 0 Å². The number of rotatable bonds is 68. The van der Waals surface area contributed by atoms with Gasteiger partial charge in [-0.25, -0.2) is 0 Å². The van der Waals surface area contributed by atoms with Crippen LogP contribution in [0.5, 0.6) is 0 Å². The van der Waals surface area contributed by atoms with Gasteiger partial charge in [0.25, 0.3) is 0 Å². The molecule has 0 atom stereocenters. The molecule has 4 nitrogen and oxygen atoms in total. The minimum absolute atomic E-state index is 0.345. The monoisotopic (exact) mass is 1030 g/mol. The van der Waals surface area contributed by atoms with Crippen molar-refractivity contribution >= 4 is 11.9 Å². The summed E-state index contributed by atoms with van der Waals surface area (Å²) in [7, 11) is 0. The highest BCUT2D eigenvalue weighted by molar-refractivity contribution is 5.66. The van der Waals surface area contributed by atoms with Gasteiger partial charge in [0.1, 0.15) is 0 Å². The van der Waals surface area contributed by atoms with Crippen LogP contribution in [0, 0.1) is 0 Å². The molecule has 4 heteroatoms. The van der Waals surface area contributed by atoms with Gasteiger partial charge >= 0.3 is 11.9 Å². The SMILES string of the molecule is O=C(O)CCCCCCCCCCCCCCCCCCCCCCCCCCCCCCCCCCCCCCCCCCCCCCCCCCCCCCCCCCCCCCCCCCCC(=O)O. The maximum absolute atomic E-state index is 10.5. The van der Waals surface area contributed by atoms with Crippen LogP contribution in [-0.4, -0.2) is 22.2 Å². The first-order chi connectivity index (χ1) is 36.1. The molecule has 0 unspecified atom stereocenters. The zero-order valence-corrected chi connectivity index (χ0v) is 50.1. The van der Waals surface area contributed by atoms with Gasteiger partial charge in [-0.2, -0.15) is 0 Å². The Morgan fingerprint density at radius 2 is 0.178 bits per heavy atom. The Morgan fingerprint density at radius 3 is 0.233 bits per heavy atom. The van der Waals surface area contributed by atoms with E-state index >= 15 is 0 Å². The number of unbranched alkanes of at least 4 members (excludes halogenated alkanes) is 64. The average Bonchev–Trinajstić information content (AvgIpc) is 3.38. The molecular formula is C69H136O4. The van der Waals surface area contributed by atoms with Crippen LogP contribution in [0.3, 0.4) is 0 Å². The Bertz CT molecular complexity index is 932. The van der Waals surface area contributed by atoms with Crippen molar-refractivity contribution in [2.45, 2.75) is 430 Å².